The predicted molar refractivity (Wildman–Crippen MR) is 104 cm³/mol. The first-order valence-corrected chi connectivity index (χ1v) is 10.9. The molecule has 0 spiro atoms. The summed E-state index contributed by atoms with van der Waals surface area (Å²) < 4.78 is 46.8. The van der Waals surface area contributed by atoms with Crippen LogP contribution in [-0.2, 0) is 21.4 Å². The summed E-state index contributed by atoms with van der Waals surface area (Å²) in [5, 5.41) is 0. The normalized spacial score (nSPS) is 18.4. The predicted octanol–water partition coefficient (Wildman–Crippen LogP) is 3.34. The van der Waals surface area contributed by atoms with Crippen molar-refractivity contribution < 1.29 is 17.5 Å². The van der Waals surface area contributed by atoms with Crippen LogP contribution < -0.4 is 0 Å². The fourth-order valence-corrected chi connectivity index (χ4v) is 5.11. The molecule has 1 aromatic carbocycles. The van der Waals surface area contributed by atoms with Crippen molar-refractivity contribution in [1.29, 1.82) is 0 Å². The molecule has 0 saturated carbocycles. The van der Waals surface area contributed by atoms with Crippen molar-refractivity contribution >= 4 is 10.0 Å². The molecule has 1 atom stereocenters. The standard InChI is InChI=1S/C20H26FN3O3S/c1-4-27-13-17-11-22-15(3)23-20(17)16-6-5-9-24(12-16)28(25,26)18-7-8-19(21)14(2)10-18/h7-8,10-11,16H,4-6,9,12-13H2,1-3H3. The molecule has 0 radical (unpaired) electrons. The molecule has 6 nitrogen and oxygen atoms in total. The summed E-state index contributed by atoms with van der Waals surface area (Å²) in [6.07, 6.45) is 3.36. The molecular formula is C20H26FN3O3S. The van der Waals surface area contributed by atoms with E-state index < -0.39 is 15.8 Å². The third-order valence-electron chi connectivity index (χ3n) is 5.02. The van der Waals surface area contributed by atoms with Gasteiger partial charge in [0.1, 0.15) is 11.6 Å². The highest BCUT2D eigenvalue weighted by Crippen LogP contribution is 2.31. The van der Waals surface area contributed by atoms with Gasteiger partial charge in [-0.1, -0.05) is 0 Å². The Bertz CT molecular complexity index is 950. The van der Waals surface area contributed by atoms with Gasteiger partial charge in [-0.25, -0.2) is 22.8 Å². The Kier molecular flexibility index (Phi) is 6.42. The Balaban J connectivity index is 1.88. The van der Waals surface area contributed by atoms with Gasteiger partial charge >= 0.3 is 0 Å². The molecule has 1 aromatic heterocycles. The first kappa shape index (κ1) is 20.8. The molecule has 28 heavy (non-hydrogen) atoms. The van der Waals surface area contributed by atoms with E-state index in [4.69, 9.17) is 4.74 Å². The second kappa shape index (κ2) is 8.63. The zero-order valence-corrected chi connectivity index (χ0v) is 17.3. The van der Waals surface area contributed by atoms with Crippen LogP contribution in [0.5, 0.6) is 0 Å². The van der Waals surface area contributed by atoms with Crippen LogP contribution in [0.3, 0.4) is 0 Å². The van der Waals surface area contributed by atoms with Crippen molar-refractivity contribution in [1.82, 2.24) is 14.3 Å². The molecule has 1 saturated heterocycles. The Morgan fingerprint density at radius 1 is 1.32 bits per heavy atom. The Hall–Kier alpha value is -1.90. The molecule has 3 rings (SSSR count). The van der Waals surface area contributed by atoms with Crippen LogP contribution in [0.1, 0.15) is 48.3 Å². The molecule has 0 bridgehead atoms. The zero-order valence-electron chi connectivity index (χ0n) is 16.5. The lowest BCUT2D eigenvalue weighted by molar-refractivity contribution is 0.132. The molecule has 0 amide bonds. The van der Waals surface area contributed by atoms with E-state index in [1.54, 1.807) is 13.1 Å². The summed E-state index contributed by atoms with van der Waals surface area (Å²) in [5.41, 5.74) is 2.07. The minimum absolute atomic E-state index is 0.0257. The number of benzene rings is 1. The summed E-state index contributed by atoms with van der Waals surface area (Å²) in [6, 6.07) is 3.93. The quantitative estimate of drug-likeness (QED) is 0.734. The molecule has 0 N–H and O–H groups in total. The van der Waals surface area contributed by atoms with E-state index in [1.807, 2.05) is 13.8 Å². The molecular weight excluding hydrogens is 381 g/mol. The van der Waals surface area contributed by atoms with Gasteiger partial charge in [-0.2, -0.15) is 4.31 Å². The lowest BCUT2D eigenvalue weighted by Gasteiger charge is -2.32. The fourth-order valence-electron chi connectivity index (χ4n) is 3.50. The van der Waals surface area contributed by atoms with Gasteiger partial charge in [-0.15, -0.1) is 0 Å². The van der Waals surface area contributed by atoms with Crippen LogP contribution in [0, 0.1) is 19.7 Å². The van der Waals surface area contributed by atoms with Gasteiger partial charge in [0.2, 0.25) is 10.0 Å². The number of aromatic nitrogens is 2. The van der Waals surface area contributed by atoms with E-state index in [1.165, 1.54) is 22.5 Å². The summed E-state index contributed by atoms with van der Waals surface area (Å²) >= 11 is 0. The van der Waals surface area contributed by atoms with Gasteiger partial charge in [0, 0.05) is 37.4 Å². The van der Waals surface area contributed by atoms with E-state index in [2.05, 4.69) is 9.97 Å². The Morgan fingerprint density at radius 3 is 2.82 bits per heavy atom. The lowest BCUT2D eigenvalue weighted by Crippen LogP contribution is -2.39. The smallest absolute Gasteiger partial charge is 0.243 e. The van der Waals surface area contributed by atoms with Crippen LogP contribution in [0.2, 0.25) is 0 Å². The molecule has 152 valence electrons. The van der Waals surface area contributed by atoms with Crippen LogP contribution in [0.25, 0.3) is 0 Å². The van der Waals surface area contributed by atoms with Crippen LogP contribution >= 0.6 is 0 Å². The first-order valence-electron chi connectivity index (χ1n) is 9.49. The second-order valence-corrected chi connectivity index (χ2v) is 9.02. The number of sulfonamides is 1. The average Bonchev–Trinajstić information content (AvgIpc) is 2.69. The number of piperidine rings is 1. The number of hydrogen-bond acceptors (Lipinski definition) is 5. The number of hydrogen-bond donors (Lipinski definition) is 0. The number of ether oxygens (including phenoxy) is 1. The topological polar surface area (TPSA) is 72.4 Å². The number of aryl methyl sites for hydroxylation is 2. The van der Waals surface area contributed by atoms with Gasteiger partial charge in [0.25, 0.3) is 0 Å². The SMILES string of the molecule is CCOCc1cnc(C)nc1C1CCCN(S(=O)(=O)c2ccc(F)c(C)c2)C1. The molecule has 1 unspecified atom stereocenters. The molecule has 0 aliphatic carbocycles. The Morgan fingerprint density at radius 2 is 2.11 bits per heavy atom. The monoisotopic (exact) mass is 407 g/mol. The highest BCUT2D eigenvalue weighted by atomic mass is 32.2. The molecule has 2 aromatic rings. The van der Waals surface area contributed by atoms with Crippen molar-refractivity contribution in [3.8, 4) is 0 Å². The molecule has 1 fully saturated rings. The summed E-state index contributed by atoms with van der Waals surface area (Å²) in [4.78, 5) is 8.99. The first-order chi connectivity index (χ1) is 13.3. The van der Waals surface area contributed by atoms with Crippen LogP contribution in [0.15, 0.2) is 29.3 Å². The van der Waals surface area contributed by atoms with Crippen LogP contribution in [-0.4, -0.2) is 42.4 Å². The van der Waals surface area contributed by atoms with Gasteiger partial charge in [0.15, 0.2) is 0 Å². The van der Waals surface area contributed by atoms with Gasteiger partial charge < -0.3 is 4.74 Å². The number of rotatable bonds is 6. The van der Waals surface area contributed by atoms with Gasteiger partial charge in [-0.05, 0) is 57.4 Å². The maximum absolute atomic E-state index is 13.6. The largest absolute Gasteiger partial charge is 0.377 e. The number of nitrogens with zero attached hydrogens (tertiary/aromatic N) is 3. The van der Waals surface area contributed by atoms with Crippen molar-refractivity contribution in [3.05, 3.63) is 52.9 Å². The summed E-state index contributed by atoms with van der Waals surface area (Å²) in [5.74, 6) is 0.221. The van der Waals surface area contributed by atoms with E-state index >= 15 is 0 Å². The second-order valence-electron chi connectivity index (χ2n) is 7.08. The van der Waals surface area contributed by atoms with Gasteiger partial charge in [-0.3, -0.25) is 0 Å². The van der Waals surface area contributed by atoms with Crippen LogP contribution in [0.4, 0.5) is 4.39 Å². The maximum Gasteiger partial charge on any atom is 0.243 e. The minimum atomic E-state index is -3.69. The van der Waals surface area contributed by atoms with E-state index in [9.17, 15) is 12.8 Å². The minimum Gasteiger partial charge on any atom is -0.377 e. The van der Waals surface area contributed by atoms with E-state index in [0.717, 1.165) is 24.1 Å². The third-order valence-corrected chi connectivity index (χ3v) is 6.88. The van der Waals surface area contributed by atoms with Crippen molar-refractivity contribution in [3.63, 3.8) is 0 Å². The van der Waals surface area contributed by atoms with Crippen molar-refractivity contribution in [2.24, 2.45) is 0 Å². The molecule has 1 aliphatic rings. The maximum atomic E-state index is 13.6. The third kappa shape index (κ3) is 4.39. The highest BCUT2D eigenvalue weighted by Gasteiger charge is 2.32. The fraction of sp³-hybridized carbons (Fsp3) is 0.500. The lowest BCUT2D eigenvalue weighted by atomic mass is 9.93. The van der Waals surface area contributed by atoms with E-state index in [-0.39, 0.29) is 10.8 Å². The summed E-state index contributed by atoms with van der Waals surface area (Å²) in [6.45, 7) is 7.10. The summed E-state index contributed by atoms with van der Waals surface area (Å²) in [7, 11) is -3.69. The molecule has 8 heteroatoms. The van der Waals surface area contributed by atoms with Gasteiger partial charge in [0.05, 0.1) is 17.2 Å². The molecule has 2 heterocycles. The highest BCUT2D eigenvalue weighted by molar-refractivity contribution is 7.89. The Labute approximate surface area is 165 Å². The van der Waals surface area contributed by atoms with E-state index in [0.29, 0.717) is 37.7 Å². The van der Waals surface area contributed by atoms with Crippen molar-refractivity contribution in [2.45, 2.75) is 51.0 Å². The molecule has 1 aliphatic heterocycles. The number of halogens is 1. The van der Waals surface area contributed by atoms with Crippen molar-refractivity contribution in [2.75, 3.05) is 19.7 Å². The zero-order chi connectivity index (χ0) is 20.3. The average molecular weight is 408 g/mol.